The molecule has 0 saturated carbocycles. The van der Waals surface area contributed by atoms with Crippen molar-refractivity contribution in [3.8, 4) is 0 Å². The Balaban J connectivity index is 2.90. The van der Waals surface area contributed by atoms with Gasteiger partial charge < -0.3 is 10.4 Å². The summed E-state index contributed by atoms with van der Waals surface area (Å²) in [4.78, 5) is 13.9. The summed E-state index contributed by atoms with van der Waals surface area (Å²) < 4.78 is 0. The highest BCUT2D eigenvalue weighted by molar-refractivity contribution is 5.55. The van der Waals surface area contributed by atoms with Crippen LogP contribution in [0.4, 0.5) is 11.5 Å². The molecule has 1 aromatic heterocycles. The van der Waals surface area contributed by atoms with Crippen molar-refractivity contribution in [2.75, 3.05) is 11.9 Å². The van der Waals surface area contributed by atoms with Gasteiger partial charge in [-0.15, -0.1) is 0 Å². The Morgan fingerprint density at radius 3 is 3.07 bits per heavy atom. The summed E-state index contributed by atoms with van der Waals surface area (Å²) in [6.45, 7) is 1.60. The van der Waals surface area contributed by atoms with Crippen LogP contribution in [0, 0.1) is 10.1 Å². The van der Waals surface area contributed by atoms with Crippen molar-refractivity contribution in [3.05, 3.63) is 28.4 Å². The highest BCUT2D eigenvalue weighted by Gasteiger charge is 2.14. The first-order chi connectivity index (χ1) is 6.65. The molecular formula is C8H11N3O3. The van der Waals surface area contributed by atoms with Crippen LogP contribution >= 0.6 is 0 Å². The molecular weight excluding hydrogens is 186 g/mol. The Kier molecular flexibility index (Phi) is 3.35. The zero-order valence-electron chi connectivity index (χ0n) is 7.67. The molecule has 6 heteroatoms. The SMILES string of the molecule is CC(CO)Nc1ncccc1[N+](=O)[O-]. The van der Waals surface area contributed by atoms with Crippen molar-refractivity contribution in [2.24, 2.45) is 0 Å². The van der Waals surface area contributed by atoms with Gasteiger partial charge >= 0.3 is 5.69 Å². The predicted octanol–water partition coefficient (Wildman–Crippen LogP) is 0.782. The van der Waals surface area contributed by atoms with Crippen molar-refractivity contribution < 1.29 is 10.0 Å². The molecule has 0 radical (unpaired) electrons. The average Bonchev–Trinajstić information content (AvgIpc) is 2.18. The molecule has 1 heterocycles. The Bertz CT molecular complexity index is 329. The molecule has 2 N–H and O–H groups in total. The molecule has 0 fully saturated rings. The van der Waals surface area contributed by atoms with Gasteiger partial charge in [0.2, 0.25) is 5.82 Å². The molecule has 1 unspecified atom stereocenters. The first-order valence-corrected chi connectivity index (χ1v) is 4.12. The van der Waals surface area contributed by atoms with E-state index in [9.17, 15) is 10.1 Å². The number of aromatic nitrogens is 1. The number of nitrogens with zero attached hydrogens (tertiary/aromatic N) is 2. The molecule has 0 amide bonds. The van der Waals surface area contributed by atoms with Crippen LogP contribution in [0.5, 0.6) is 0 Å². The van der Waals surface area contributed by atoms with Crippen molar-refractivity contribution in [2.45, 2.75) is 13.0 Å². The van der Waals surface area contributed by atoms with Gasteiger partial charge in [-0.25, -0.2) is 4.98 Å². The van der Waals surface area contributed by atoms with E-state index in [1.165, 1.54) is 18.3 Å². The van der Waals surface area contributed by atoms with Crippen LogP contribution < -0.4 is 5.32 Å². The Morgan fingerprint density at radius 1 is 1.79 bits per heavy atom. The number of rotatable bonds is 4. The molecule has 1 atom stereocenters. The number of aliphatic hydroxyl groups is 1. The van der Waals surface area contributed by atoms with Crippen LogP contribution in [0.25, 0.3) is 0 Å². The summed E-state index contributed by atoms with van der Waals surface area (Å²) >= 11 is 0. The van der Waals surface area contributed by atoms with E-state index in [0.29, 0.717) is 0 Å². The molecule has 1 aromatic rings. The zero-order chi connectivity index (χ0) is 10.6. The van der Waals surface area contributed by atoms with Crippen LogP contribution in [0.15, 0.2) is 18.3 Å². The summed E-state index contributed by atoms with van der Waals surface area (Å²) in [6, 6.07) is 2.59. The van der Waals surface area contributed by atoms with E-state index in [4.69, 9.17) is 5.11 Å². The summed E-state index contributed by atoms with van der Waals surface area (Å²) in [5.74, 6) is 0.180. The zero-order valence-corrected chi connectivity index (χ0v) is 7.67. The third-order valence-corrected chi connectivity index (χ3v) is 1.64. The van der Waals surface area contributed by atoms with Gasteiger partial charge in [-0.05, 0) is 13.0 Å². The predicted molar refractivity (Wildman–Crippen MR) is 51.1 cm³/mol. The van der Waals surface area contributed by atoms with Crippen LogP contribution in [-0.2, 0) is 0 Å². The van der Waals surface area contributed by atoms with E-state index in [1.807, 2.05) is 0 Å². The Labute approximate surface area is 80.7 Å². The number of aliphatic hydroxyl groups excluding tert-OH is 1. The number of nitro groups is 1. The molecule has 0 aliphatic carbocycles. The molecule has 0 aromatic carbocycles. The van der Waals surface area contributed by atoms with Crippen LogP contribution in [0.2, 0.25) is 0 Å². The normalized spacial score (nSPS) is 12.1. The lowest BCUT2D eigenvalue weighted by molar-refractivity contribution is -0.384. The van der Waals surface area contributed by atoms with Gasteiger partial charge in [-0.2, -0.15) is 0 Å². The van der Waals surface area contributed by atoms with Gasteiger partial charge in [0.15, 0.2) is 0 Å². The quantitative estimate of drug-likeness (QED) is 0.550. The minimum absolute atomic E-state index is 0.0900. The van der Waals surface area contributed by atoms with Gasteiger partial charge in [0, 0.05) is 18.3 Å². The molecule has 76 valence electrons. The lowest BCUT2D eigenvalue weighted by Crippen LogP contribution is -2.20. The van der Waals surface area contributed by atoms with Gasteiger partial charge in [0.1, 0.15) is 0 Å². The minimum Gasteiger partial charge on any atom is -0.394 e. The Hall–Kier alpha value is -1.69. The van der Waals surface area contributed by atoms with Gasteiger partial charge in [-0.1, -0.05) is 0 Å². The second-order valence-corrected chi connectivity index (χ2v) is 2.86. The van der Waals surface area contributed by atoms with E-state index < -0.39 is 4.92 Å². The van der Waals surface area contributed by atoms with Gasteiger partial charge in [0.25, 0.3) is 0 Å². The monoisotopic (exact) mass is 197 g/mol. The molecule has 0 spiro atoms. The summed E-state index contributed by atoms with van der Waals surface area (Å²) in [7, 11) is 0. The third-order valence-electron chi connectivity index (χ3n) is 1.64. The molecule has 0 saturated heterocycles. The first-order valence-electron chi connectivity index (χ1n) is 4.12. The van der Waals surface area contributed by atoms with Crippen molar-refractivity contribution in [1.82, 2.24) is 4.98 Å². The second kappa shape index (κ2) is 4.52. The minimum atomic E-state index is -0.514. The molecule has 14 heavy (non-hydrogen) atoms. The smallest absolute Gasteiger partial charge is 0.311 e. The van der Waals surface area contributed by atoms with Gasteiger partial charge in [-0.3, -0.25) is 10.1 Å². The van der Waals surface area contributed by atoms with E-state index in [1.54, 1.807) is 6.92 Å². The lowest BCUT2D eigenvalue weighted by Gasteiger charge is -2.10. The number of pyridine rings is 1. The van der Waals surface area contributed by atoms with E-state index >= 15 is 0 Å². The maximum Gasteiger partial charge on any atom is 0.311 e. The maximum absolute atomic E-state index is 10.6. The first kappa shape index (κ1) is 10.4. The topological polar surface area (TPSA) is 88.3 Å². The summed E-state index contributed by atoms with van der Waals surface area (Å²) in [6.07, 6.45) is 1.46. The number of nitrogens with one attached hydrogen (secondary N) is 1. The second-order valence-electron chi connectivity index (χ2n) is 2.86. The standard InChI is InChI=1S/C8H11N3O3/c1-6(5-12)10-8-7(11(13)14)3-2-4-9-8/h2-4,6,12H,5H2,1H3,(H,9,10). The molecule has 1 rings (SSSR count). The van der Waals surface area contributed by atoms with E-state index in [0.717, 1.165) is 0 Å². The molecule has 0 aliphatic heterocycles. The number of hydrogen-bond donors (Lipinski definition) is 2. The van der Waals surface area contributed by atoms with E-state index in [2.05, 4.69) is 10.3 Å². The fraction of sp³-hybridized carbons (Fsp3) is 0.375. The molecule has 0 bridgehead atoms. The van der Waals surface area contributed by atoms with Crippen molar-refractivity contribution in [3.63, 3.8) is 0 Å². The summed E-state index contributed by atoms with van der Waals surface area (Å²) in [5.41, 5.74) is -0.0900. The fourth-order valence-corrected chi connectivity index (χ4v) is 0.934. The average molecular weight is 197 g/mol. The van der Waals surface area contributed by atoms with Crippen molar-refractivity contribution >= 4 is 11.5 Å². The lowest BCUT2D eigenvalue weighted by atomic mass is 10.3. The fourth-order valence-electron chi connectivity index (χ4n) is 0.934. The third kappa shape index (κ3) is 2.40. The van der Waals surface area contributed by atoms with Crippen LogP contribution in [-0.4, -0.2) is 27.7 Å². The molecule has 6 nitrogen and oxygen atoms in total. The number of anilines is 1. The van der Waals surface area contributed by atoms with Crippen LogP contribution in [0.1, 0.15) is 6.92 Å². The summed E-state index contributed by atoms with van der Waals surface area (Å²) in [5, 5.41) is 22.1. The number of hydrogen-bond acceptors (Lipinski definition) is 5. The molecule has 0 aliphatic rings. The highest BCUT2D eigenvalue weighted by atomic mass is 16.6. The van der Waals surface area contributed by atoms with Crippen LogP contribution in [0.3, 0.4) is 0 Å². The maximum atomic E-state index is 10.6. The van der Waals surface area contributed by atoms with Crippen molar-refractivity contribution in [1.29, 1.82) is 0 Å². The van der Waals surface area contributed by atoms with Gasteiger partial charge in [0.05, 0.1) is 11.5 Å². The highest BCUT2D eigenvalue weighted by Crippen LogP contribution is 2.20. The van der Waals surface area contributed by atoms with E-state index in [-0.39, 0.29) is 24.2 Å². The largest absolute Gasteiger partial charge is 0.394 e. The Morgan fingerprint density at radius 2 is 2.50 bits per heavy atom.